The number of nitrogens with zero attached hydrogens (tertiary/aromatic N) is 2. The topological polar surface area (TPSA) is 62.7 Å². The molecule has 128 valence electrons. The summed E-state index contributed by atoms with van der Waals surface area (Å²) in [7, 11) is 0. The first-order chi connectivity index (χ1) is 12.0. The zero-order valence-corrected chi connectivity index (χ0v) is 15.2. The maximum atomic E-state index is 12.3. The number of H-pyrrole nitrogens is 1. The third-order valence-electron chi connectivity index (χ3n) is 3.80. The lowest BCUT2D eigenvalue weighted by molar-refractivity contribution is -0.121. The van der Waals surface area contributed by atoms with Gasteiger partial charge >= 0.3 is 0 Å². The molecule has 0 unspecified atom stereocenters. The van der Waals surface area contributed by atoms with Crippen molar-refractivity contribution in [2.24, 2.45) is 0 Å². The average molecular weight is 373 g/mol. The Morgan fingerprint density at radius 3 is 2.68 bits per heavy atom. The minimum atomic E-state index is -0.161. The first-order valence-electron chi connectivity index (χ1n) is 7.77. The van der Waals surface area contributed by atoms with Crippen LogP contribution in [0.15, 0.2) is 48.5 Å². The summed E-state index contributed by atoms with van der Waals surface area (Å²) in [5, 5.41) is 10.5. The van der Waals surface area contributed by atoms with Crippen molar-refractivity contribution in [3.8, 4) is 11.4 Å². The molecule has 2 aromatic carbocycles. The van der Waals surface area contributed by atoms with Gasteiger partial charge < -0.3 is 5.32 Å². The van der Waals surface area contributed by atoms with E-state index in [0.29, 0.717) is 22.2 Å². The number of amides is 1. The minimum Gasteiger partial charge on any atom is -0.350 e. The highest BCUT2D eigenvalue weighted by molar-refractivity contribution is 7.71. The van der Waals surface area contributed by atoms with Gasteiger partial charge in [-0.15, -0.1) is 0 Å². The Morgan fingerprint density at radius 2 is 1.96 bits per heavy atom. The lowest BCUT2D eigenvalue weighted by Gasteiger charge is -2.09. The second-order valence-corrected chi connectivity index (χ2v) is 6.47. The fraction of sp³-hybridized carbons (Fsp3) is 0.167. The van der Waals surface area contributed by atoms with Gasteiger partial charge in [0.15, 0.2) is 10.6 Å². The van der Waals surface area contributed by atoms with E-state index in [-0.39, 0.29) is 12.5 Å². The molecule has 0 fully saturated rings. The second kappa shape index (κ2) is 7.63. The smallest absolute Gasteiger partial charge is 0.240 e. The van der Waals surface area contributed by atoms with Crippen molar-refractivity contribution in [1.82, 2.24) is 20.1 Å². The van der Waals surface area contributed by atoms with Gasteiger partial charge in [0.1, 0.15) is 6.54 Å². The molecule has 3 aromatic rings. The Bertz CT molecular complexity index is 946. The molecule has 0 bridgehead atoms. The molecule has 0 saturated carbocycles. The molecule has 1 heterocycles. The molecule has 0 aliphatic rings. The third-order valence-corrected chi connectivity index (χ3v) is 4.48. The Kier molecular flexibility index (Phi) is 5.31. The van der Waals surface area contributed by atoms with Gasteiger partial charge in [0, 0.05) is 17.1 Å². The summed E-state index contributed by atoms with van der Waals surface area (Å²) in [6.07, 6.45) is 0. The first kappa shape index (κ1) is 17.4. The van der Waals surface area contributed by atoms with Crippen LogP contribution in [-0.2, 0) is 17.9 Å². The average Bonchev–Trinajstić information content (AvgIpc) is 2.96. The number of hydrogen-bond donors (Lipinski definition) is 2. The van der Waals surface area contributed by atoms with Gasteiger partial charge in [0.05, 0.1) is 0 Å². The summed E-state index contributed by atoms with van der Waals surface area (Å²) >= 11 is 11.4. The van der Waals surface area contributed by atoms with Crippen molar-refractivity contribution in [2.45, 2.75) is 20.0 Å². The predicted octanol–water partition coefficient (Wildman–Crippen LogP) is 3.89. The van der Waals surface area contributed by atoms with Crippen molar-refractivity contribution in [3.63, 3.8) is 0 Å². The Morgan fingerprint density at radius 1 is 1.24 bits per heavy atom. The van der Waals surface area contributed by atoms with Crippen LogP contribution in [0.4, 0.5) is 0 Å². The molecule has 0 radical (unpaired) electrons. The molecule has 0 spiro atoms. The predicted molar refractivity (Wildman–Crippen MR) is 101 cm³/mol. The summed E-state index contributed by atoms with van der Waals surface area (Å²) < 4.78 is 2.09. The normalized spacial score (nSPS) is 10.6. The molecule has 1 aromatic heterocycles. The highest BCUT2D eigenvalue weighted by Crippen LogP contribution is 2.18. The summed E-state index contributed by atoms with van der Waals surface area (Å²) in [5.74, 6) is 0.476. The fourth-order valence-corrected chi connectivity index (χ4v) is 2.82. The first-order valence-corrected chi connectivity index (χ1v) is 8.55. The van der Waals surface area contributed by atoms with E-state index in [1.54, 1.807) is 10.6 Å². The van der Waals surface area contributed by atoms with Crippen molar-refractivity contribution < 1.29 is 4.79 Å². The number of aromatic amines is 1. The molecule has 2 N–H and O–H groups in total. The van der Waals surface area contributed by atoms with E-state index in [1.807, 2.05) is 49.4 Å². The Labute approximate surface area is 155 Å². The van der Waals surface area contributed by atoms with Gasteiger partial charge in [-0.25, -0.2) is 0 Å². The fourth-order valence-electron chi connectivity index (χ4n) is 2.42. The molecule has 5 nitrogen and oxygen atoms in total. The maximum absolute atomic E-state index is 12.3. The van der Waals surface area contributed by atoms with E-state index in [4.69, 9.17) is 23.8 Å². The second-order valence-electron chi connectivity index (χ2n) is 5.67. The number of aromatic nitrogens is 3. The van der Waals surface area contributed by atoms with Gasteiger partial charge in [-0.1, -0.05) is 59.6 Å². The number of carbonyl (C=O) groups excluding carboxylic acids is 1. The van der Waals surface area contributed by atoms with E-state index in [1.165, 1.54) is 0 Å². The van der Waals surface area contributed by atoms with Gasteiger partial charge in [-0.2, -0.15) is 5.10 Å². The van der Waals surface area contributed by atoms with Gasteiger partial charge in [0.2, 0.25) is 5.91 Å². The minimum absolute atomic E-state index is 0.0863. The summed E-state index contributed by atoms with van der Waals surface area (Å²) in [5.41, 5.74) is 2.92. The van der Waals surface area contributed by atoms with Crippen molar-refractivity contribution in [1.29, 1.82) is 0 Å². The SMILES string of the molecule is Cc1ccc(-c2n[nH]c(=S)n2CC(=O)NCc2ccccc2Cl)cc1. The van der Waals surface area contributed by atoms with E-state index in [9.17, 15) is 4.79 Å². The van der Waals surface area contributed by atoms with Gasteiger partial charge in [-0.05, 0) is 30.8 Å². The molecule has 0 atom stereocenters. The number of benzene rings is 2. The number of carbonyl (C=O) groups is 1. The van der Waals surface area contributed by atoms with E-state index in [0.717, 1.165) is 16.7 Å². The van der Waals surface area contributed by atoms with Crippen LogP contribution in [0.3, 0.4) is 0 Å². The van der Waals surface area contributed by atoms with Gasteiger partial charge in [-0.3, -0.25) is 14.5 Å². The van der Waals surface area contributed by atoms with Crippen molar-refractivity contribution in [2.75, 3.05) is 0 Å². The zero-order valence-electron chi connectivity index (χ0n) is 13.6. The number of halogens is 1. The van der Waals surface area contributed by atoms with Gasteiger partial charge in [0.25, 0.3) is 0 Å². The largest absolute Gasteiger partial charge is 0.350 e. The Hall–Kier alpha value is -2.44. The number of rotatable bonds is 5. The quantitative estimate of drug-likeness (QED) is 0.668. The molecule has 7 heteroatoms. The van der Waals surface area contributed by atoms with Crippen LogP contribution in [0.1, 0.15) is 11.1 Å². The molecular formula is C18H17ClN4OS. The van der Waals surface area contributed by atoms with E-state index < -0.39 is 0 Å². The van der Waals surface area contributed by atoms with E-state index in [2.05, 4.69) is 15.5 Å². The van der Waals surface area contributed by atoms with Crippen LogP contribution >= 0.6 is 23.8 Å². The lowest BCUT2D eigenvalue weighted by Crippen LogP contribution is -2.27. The number of aryl methyl sites for hydroxylation is 1. The summed E-state index contributed by atoms with van der Waals surface area (Å²) in [4.78, 5) is 12.3. The van der Waals surface area contributed by atoms with Crippen molar-refractivity contribution in [3.05, 3.63) is 69.5 Å². The molecule has 0 aliphatic carbocycles. The zero-order chi connectivity index (χ0) is 17.8. The lowest BCUT2D eigenvalue weighted by atomic mass is 10.1. The van der Waals surface area contributed by atoms with Crippen LogP contribution in [-0.4, -0.2) is 20.7 Å². The number of hydrogen-bond acceptors (Lipinski definition) is 3. The molecule has 0 aliphatic heterocycles. The molecule has 0 saturated heterocycles. The third kappa shape index (κ3) is 4.15. The van der Waals surface area contributed by atoms with Crippen LogP contribution in [0.2, 0.25) is 5.02 Å². The monoisotopic (exact) mass is 372 g/mol. The van der Waals surface area contributed by atoms with E-state index >= 15 is 0 Å². The summed E-state index contributed by atoms with van der Waals surface area (Å²) in [6, 6.07) is 15.3. The van der Waals surface area contributed by atoms with Crippen LogP contribution in [0.25, 0.3) is 11.4 Å². The molecule has 25 heavy (non-hydrogen) atoms. The molecular weight excluding hydrogens is 356 g/mol. The van der Waals surface area contributed by atoms with Crippen LogP contribution in [0, 0.1) is 11.7 Å². The number of nitrogens with one attached hydrogen (secondary N) is 2. The highest BCUT2D eigenvalue weighted by Gasteiger charge is 2.12. The Balaban J connectivity index is 1.73. The van der Waals surface area contributed by atoms with Crippen LogP contribution in [0.5, 0.6) is 0 Å². The van der Waals surface area contributed by atoms with Crippen molar-refractivity contribution >= 4 is 29.7 Å². The maximum Gasteiger partial charge on any atom is 0.240 e. The standard InChI is InChI=1S/C18H17ClN4OS/c1-12-6-8-13(9-7-12)17-21-22-18(25)23(17)11-16(24)20-10-14-4-2-3-5-15(14)19/h2-9H,10-11H2,1H3,(H,20,24)(H,22,25). The molecule has 1 amide bonds. The molecule has 3 rings (SSSR count). The van der Waals surface area contributed by atoms with Crippen LogP contribution < -0.4 is 5.32 Å². The summed E-state index contributed by atoms with van der Waals surface area (Å²) in [6.45, 7) is 2.47. The highest BCUT2D eigenvalue weighted by atomic mass is 35.5.